The molecule has 0 spiro atoms. The van der Waals surface area contributed by atoms with Crippen molar-refractivity contribution >= 4 is 23.2 Å². The Kier molecular flexibility index (Phi) is 8.16. The number of likely N-dealkylation sites (tertiary alicyclic amines) is 1. The Balaban J connectivity index is 1.27. The van der Waals surface area contributed by atoms with Crippen molar-refractivity contribution in [1.29, 1.82) is 0 Å². The van der Waals surface area contributed by atoms with Gasteiger partial charge in [-0.1, -0.05) is 30.3 Å². The summed E-state index contributed by atoms with van der Waals surface area (Å²) in [4.78, 5) is 34.5. The van der Waals surface area contributed by atoms with Crippen LogP contribution < -0.4 is 15.4 Å². The number of carbonyl (C=O) groups is 2. The molecule has 2 fully saturated rings. The van der Waals surface area contributed by atoms with Gasteiger partial charge in [-0.15, -0.1) is 11.3 Å². The van der Waals surface area contributed by atoms with Gasteiger partial charge < -0.3 is 20.3 Å². The molecule has 1 aromatic heterocycles. The maximum Gasteiger partial charge on any atom is 0.254 e. The van der Waals surface area contributed by atoms with Crippen LogP contribution in [0.15, 0.2) is 47.8 Å². The molecule has 2 aromatic carbocycles. The van der Waals surface area contributed by atoms with E-state index in [0.29, 0.717) is 36.1 Å². The van der Waals surface area contributed by atoms with Crippen LogP contribution in [0.1, 0.15) is 87.1 Å². The number of rotatable bonds is 8. The minimum atomic E-state index is -0.121. The van der Waals surface area contributed by atoms with Crippen molar-refractivity contribution in [3.05, 3.63) is 80.8 Å². The number of fused-ring (bicyclic) bond motifs is 1. The highest BCUT2D eigenvalue weighted by molar-refractivity contribution is 7.09. The van der Waals surface area contributed by atoms with Gasteiger partial charge in [0.05, 0.1) is 12.6 Å². The van der Waals surface area contributed by atoms with Crippen LogP contribution in [0.3, 0.4) is 0 Å². The van der Waals surface area contributed by atoms with Gasteiger partial charge in [-0.3, -0.25) is 9.59 Å². The van der Waals surface area contributed by atoms with E-state index in [-0.39, 0.29) is 23.9 Å². The lowest BCUT2D eigenvalue weighted by Gasteiger charge is -2.27. The third-order valence-corrected chi connectivity index (χ3v) is 9.42. The predicted molar refractivity (Wildman–Crippen MR) is 157 cm³/mol. The third kappa shape index (κ3) is 5.93. The van der Waals surface area contributed by atoms with Crippen molar-refractivity contribution in [2.75, 3.05) is 19.7 Å². The maximum atomic E-state index is 14.0. The monoisotopic (exact) mass is 558 g/mol. The minimum Gasteiger partial charge on any atom is -0.493 e. The Morgan fingerprint density at radius 3 is 2.83 bits per heavy atom. The molecule has 3 atom stereocenters. The van der Waals surface area contributed by atoms with Gasteiger partial charge in [0.2, 0.25) is 0 Å². The van der Waals surface area contributed by atoms with E-state index < -0.39 is 0 Å². The van der Waals surface area contributed by atoms with Crippen molar-refractivity contribution in [3.63, 3.8) is 0 Å². The SMILES string of the molecule is Cc1csc([C@H]2CCCN2C(=O)c2cc3c(c(C(=O)N[C@@H](Cc4ccccc4)C[C@H]4CCCN4)c2)CCCO3)n1. The fraction of sp³-hybridized carbons (Fsp3) is 0.469. The Morgan fingerprint density at radius 1 is 1.18 bits per heavy atom. The van der Waals surface area contributed by atoms with Gasteiger partial charge in [-0.2, -0.15) is 0 Å². The maximum absolute atomic E-state index is 14.0. The number of hydrogen-bond donors (Lipinski definition) is 2. The van der Waals surface area contributed by atoms with Crippen LogP contribution >= 0.6 is 11.3 Å². The highest BCUT2D eigenvalue weighted by atomic mass is 32.1. The number of amides is 2. The summed E-state index contributed by atoms with van der Waals surface area (Å²) in [7, 11) is 0. The fourth-order valence-corrected chi connectivity index (χ4v) is 7.35. The van der Waals surface area contributed by atoms with Crippen molar-refractivity contribution in [2.45, 2.75) is 76.4 Å². The standard InChI is InChI=1S/C32H38N4O3S/c1-21-20-40-31(34-21)28-12-6-14-36(28)32(38)23-17-27(26-11-7-15-39-29(26)18-23)30(37)35-25(19-24-10-5-13-33-24)16-22-8-3-2-4-9-22/h2-4,8-9,17-18,20,24-25,28,33H,5-7,10-16,19H2,1H3,(H,35,37)/t24-,25+,28-/m1/s1. The van der Waals surface area contributed by atoms with E-state index in [1.807, 2.05) is 41.5 Å². The molecule has 6 rings (SSSR count). The van der Waals surface area contributed by atoms with Gasteiger partial charge in [0.25, 0.3) is 11.8 Å². The molecule has 2 saturated heterocycles. The van der Waals surface area contributed by atoms with Crippen LogP contribution in [0.4, 0.5) is 0 Å². The third-order valence-electron chi connectivity index (χ3n) is 8.36. The van der Waals surface area contributed by atoms with E-state index in [2.05, 4.69) is 27.8 Å². The van der Waals surface area contributed by atoms with Crippen molar-refractivity contribution in [2.24, 2.45) is 0 Å². The Hall–Kier alpha value is -3.23. The second kappa shape index (κ2) is 12.1. The summed E-state index contributed by atoms with van der Waals surface area (Å²) in [5.41, 5.74) is 4.18. The second-order valence-electron chi connectivity index (χ2n) is 11.3. The lowest BCUT2D eigenvalue weighted by Crippen LogP contribution is -2.41. The quantitative estimate of drug-likeness (QED) is 0.395. The van der Waals surface area contributed by atoms with E-state index in [0.717, 1.165) is 67.8 Å². The number of thiazole rings is 1. The van der Waals surface area contributed by atoms with Crippen molar-refractivity contribution < 1.29 is 14.3 Å². The highest BCUT2D eigenvalue weighted by Crippen LogP contribution is 2.36. The lowest BCUT2D eigenvalue weighted by molar-refractivity contribution is 0.0734. The molecule has 8 heteroatoms. The number of aryl methyl sites for hydroxylation is 1. The first kappa shape index (κ1) is 27.0. The zero-order valence-electron chi connectivity index (χ0n) is 23.2. The number of nitrogens with zero attached hydrogens (tertiary/aromatic N) is 2. The molecule has 0 bridgehead atoms. The number of benzene rings is 2. The molecule has 0 aliphatic carbocycles. The number of hydrogen-bond acceptors (Lipinski definition) is 6. The summed E-state index contributed by atoms with van der Waals surface area (Å²) >= 11 is 1.62. The zero-order valence-corrected chi connectivity index (χ0v) is 24.0. The van der Waals surface area contributed by atoms with Crippen LogP contribution in [-0.2, 0) is 12.8 Å². The second-order valence-corrected chi connectivity index (χ2v) is 12.2. The summed E-state index contributed by atoms with van der Waals surface area (Å²) in [6.45, 7) is 4.31. The van der Waals surface area contributed by atoms with E-state index in [4.69, 9.17) is 4.74 Å². The van der Waals surface area contributed by atoms with E-state index in [1.165, 1.54) is 12.0 Å². The molecule has 3 aliphatic heterocycles. The first-order valence-electron chi connectivity index (χ1n) is 14.7. The summed E-state index contributed by atoms with van der Waals surface area (Å²) in [5, 5.41) is 9.97. The molecule has 210 valence electrons. The number of nitrogens with one attached hydrogen (secondary N) is 2. The van der Waals surface area contributed by atoms with Crippen LogP contribution in [0, 0.1) is 6.92 Å². The van der Waals surface area contributed by atoms with Gasteiger partial charge in [-0.25, -0.2) is 4.98 Å². The molecule has 2 amide bonds. The Morgan fingerprint density at radius 2 is 2.05 bits per heavy atom. The predicted octanol–water partition coefficient (Wildman–Crippen LogP) is 5.24. The lowest BCUT2D eigenvalue weighted by atomic mass is 9.94. The molecule has 0 saturated carbocycles. The minimum absolute atomic E-state index is 0.0129. The molecule has 3 aliphatic rings. The molecule has 4 heterocycles. The molecule has 0 radical (unpaired) electrons. The number of aromatic nitrogens is 1. The average molecular weight is 559 g/mol. The topological polar surface area (TPSA) is 83.6 Å². The van der Waals surface area contributed by atoms with Crippen LogP contribution in [0.2, 0.25) is 0 Å². The van der Waals surface area contributed by atoms with E-state index in [9.17, 15) is 9.59 Å². The smallest absolute Gasteiger partial charge is 0.254 e. The van der Waals surface area contributed by atoms with Gasteiger partial charge in [0, 0.05) is 46.4 Å². The van der Waals surface area contributed by atoms with Crippen LogP contribution in [-0.4, -0.2) is 53.5 Å². The zero-order chi connectivity index (χ0) is 27.5. The molecule has 0 unspecified atom stereocenters. The first-order valence-corrected chi connectivity index (χ1v) is 15.5. The summed E-state index contributed by atoms with van der Waals surface area (Å²) in [6, 6.07) is 14.4. The first-order chi connectivity index (χ1) is 19.5. The molecular formula is C32H38N4O3S. The fourth-order valence-electron chi connectivity index (χ4n) is 6.40. The average Bonchev–Trinajstić information content (AvgIpc) is 3.75. The van der Waals surface area contributed by atoms with Gasteiger partial charge in [0.15, 0.2) is 0 Å². The van der Waals surface area contributed by atoms with Crippen LogP contribution in [0.5, 0.6) is 5.75 Å². The number of carbonyl (C=O) groups excluding carboxylic acids is 2. The van der Waals surface area contributed by atoms with Gasteiger partial charge >= 0.3 is 0 Å². The van der Waals surface area contributed by atoms with Gasteiger partial charge in [-0.05, 0) is 82.5 Å². The number of ether oxygens (including phenoxy) is 1. The van der Waals surface area contributed by atoms with Crippen LogP contribution in [0.25, 0.3) is 0 Å². The Bertz CT molecular complexity index is 1350. The summed E-state index contributed by atoms with van der Waals surface area (Å²) < 4.78 is 6.02. The van der Waals surface area contributed by atoms with Gasteiger partial charge in [0.1, 0.15) is 10.8 Å². The van der Waals surface area contributed by atoms with Crippen molar-refractivity contribution in [1.82, 2.24) is 20.5 Å². The van der Waals surface area contributed by atoms with Crippen molar-refractivity contribution in [3.8, 4) is 5.75 Å². The summed E-state index contributed by atoms with van der Waals surface area (Å²) in [6.07, 6.45) is 7.42. The molecule has 7 nitrogen and oxygen atoms in total. The molecule has 2 N–H and O–H groups in total. The normalized spacial score (nSPS) is 21.1. The van der Waals surface area contributed by atoms with E-state index >= 15 is 0 Å². The molecule has 40 heavy (non-hydrogen) atoms. The highest BCUT2D eigenvalue weighted by Gasteiger charge is 2.34. The largest absolute Gasteiger partial charge is 0.493 e. The summed E-state index contributed by atoms with van der Waals surface area (Å²) in [5.74, 6) is 0.487. The molecule has 3 aromatic rings. The Labute approximate surface area is 240 Å². The molecular weight excluding hydrogens is 520 g/mol. The van der Waals surface area contributed by atoms with E-state index in [1.54, 1.807) is 17.4 Å².